The van der Waals surface area contributed by atoms with E-state index < -0.39 is 0 Å². The average Bonchev–Trinajstić information content (AvgIpc) is 2.14. The van der Waals surface area contributed by atoms with Crippen molar-refractivity contribution in [2.75, 3.05) is 28.2 Å². The highest BCUT2D eigenvalue weighted by atomic mass is 79.9. The molecule has 0 unspecified atom stereocenters. The van der Waals surface area contributed by atoms with Crippen LogP contribution in [-0.4, -0.2) is 37.7 Å². The van der Waals surface area contributed by atoms with Gasteiger partial charge in [-0.15, -0.1) is 0 Å². The molecule has 17 heavy (non-hydrogen) atoms. The van der Waals surface area contributed by atoms with E-state index in [1.807, 2.05) is 24.3 Å². The fraction of sp³-hybridized carbons (Fsp3) is 0.308. The molecular weight excluding hydrogens is 300 g/mol. The maximum atomic E-state index is 5.93. The first-order valence-corrected chi connectivity index (χ1v) is 6.43. The fourth-order valence-electron chi connectivity index (χ4n) is 1.10. The second-order valence-electron chi connectivity index (χ2n) is 5.15. The molecule has 1 heterocycles. The number of halogens is 2. The number of hydrogen-bond donors (Lipinski definition) is 0. The molecule has 0 saturated carbocycles. The van der Waals surface area contributed by atoms with Crippen LogP contribution in [0.1, 0.15) is 0 Å². The van der Waals surface area contributed by atoms with E-state index in [2.05, 4.69) is 49.1 Å². The van der Waals surface area contributed by atoms with Gasteiger partial charge in [0.25, 0.3) is 0 Å². The van der Waals surface area contributed by atoms with Crippen LogP contribution in [0, 0.1) is 0 Å². The number of nitrogens with zero attached hydrogens (tertiary/aromatic N) is 2. The molecule has 0 radical (unpaired) electrons. The zero-order valence-electron chi connectivity index (χ0n) is 10.5. The summed E-state index contributed by atoms with van der Waals surface area (Å²) < 4.78 is 1.97. The number of para-hydroxylation sites is 1. The molecule has 2 rings (SSSR count). The Labute approximate surface area is 116 Å². The SMILES string of the molecule is C[N+](C)(C)C.Clc1cccc2cc(Br)cnc12. The van der Waals surface area contributed by atoms with Crippen molar-refractivity contribution in [2.24, 2.45) is 0 Å². The van der Waals surface area contributed by atoms with Gasteiger partial charge in [-0.3, -0.25) is 4.98 Å². The summed E-state index contributed by atoms with van der Waals surface area (Å²) in [6.45, 7) is 0. The molecule has 0 aliphatic rings. The van der Waals surface area contributed by atoms with Gasteiger partial charge in [-0.2, -0.15) is 0 Å². The third kappa shape index (κ3) is 5.48. The van der Waals surface area contributed by atoms with Gasteiger partial charge in [-0.25, -0.2) is 0 Å². The van der Waals surface area contributed by atoms with Crippen molar-refractivity contribution in [3.8, 4) is 0 Å². The van der Waals surface area contributed by atoms with Crippen LogP contribution in [0.5, 0.6) is 0 Å². The first-order valence-electron chi connectivity index (χ1n) is 5.26. The molecule has 0 saturated heterocycles. The van der Waals surface area contributed by atoms with Crippen LogP contribution < -0.4 is 0 Å². The number of hydrogen-bond acceptors (Lipinski definition) is 1. The Morgan fingerprint density at radius 2 is 1.76 bits per heavy atom. The van der Waals surface area contributed by atoms with Gasteiger partial charge in [0.15, 0.2) is 0 Å². The fourth-order valence-corrected chi connectivity index (χ4v) is 1.68. The van der Waals surface area contributed by atoms with Crippen LogP contribution in [-0.2, 0) is 0 Å². The van der Waals surface area contributed by atoms with Crippen molar-refractivity contribution >= 4 is 38.4 Å². The van der Waals surface area contributed by atoms with Gasteiger partial charge >= 0.3 is 0 Å². The van der Waals surface area contributed by atoms with Gasteiger partial charge in [0.05, 0.1) is 38.7 Å². The molecule has 4 heteroatoms. The highest BCUT2D eigenvalue weighted by molar-refractivity contribution is 9.10. The van der Waals surface area contributed by atoms with E-state index in [1.165, 1.54) is 0 Å². The van der Waals surface area contributed by atoms with Crippen LogP contribution in [0.2, 0.25) is 5.02 Å². The molecule has 0 bridgehead atoms. The van der Waals surface area contributed by atoms with Gasteiger partial charge in [-0.05, 0) is 28.1 Å². The van der Waals surface area contributed by atoms with E-state index >= 15 is 0 Å². The molecule has 92 valence electrons. The Kier molecular flexibility index (Phi) is 4.92. The number of benzene rings is 1. The van der Waals surface area contributed by atoms with Crippen molar-refractivity contribution in [2.45, 2.75) is 0 Å². The molecular formula is C13H17BrClN2+. The van der Waals surface area contributed by atoms with Crippen molar-refractivity contribution in [1.82, 2.24) is 4.98 Å². The third-order valence-corrected chi connectivity index (χ3v) is 2.37. The molecule has 0 fully saturated rings. The summed E-state index contributed by atoms with van der Waals surface area (Å²) in [7, 11) is 8.50. The third-order valence-electron chi connectivity index (χ3n) is 1.63. The minimum Gasteiger partial charge on any atom is -0.333 e. The standard InChI is InChI=1S/C9H5BrClN.C4H12N/c10-7-4-6-2-1-3-8(11)9(6)12-5-7;1-5(2,3)4/h1-5H;1-4H3/q;+1. The van der Waals surface area contributed by atoms with Crippen molar-refractivity contribution < 1.29 is 4.48 Å². The molecule has 2 nitrogen and oxygen atoms in total. The zero-order valence-corrected chi connectivity index (χ0v) is 12.9. The van der Waals surface area contributed by atoms with Crippen molar-refractivity contribution in [3.63, 3.8) is 0 Å². The summed E-state index contributed by atoms with van der Waals surface area (Å²) in [6.07, 6.45) is 1.74. The van der Waals surface area contributed by atoms with Crippen LogP contribution in [0.25, 0.3) is 10.9 Å². The summed E-state index contributed by atoms with van der Waals surface area (Å²) in [5.41, 5.74) is 0.849. The number of rotatable bonds is 0. The Bertz CT molecular complexity index is 500. The lowest BCUT2D eigenvalue weighted by atomic mass is 10.2. The lowest BCUT2D eigenvalue weighted by molar-refractivity contribution is -0.849. The Morgan fingerprint density at radius 1 is 1.18 bits per heavy atom. The molecule has 0 N–H and O–H groups in total. The molecule has 0 aliphatic carbocycles. The van der Waals surface area contributed by atoms with Gasteiger partial charge in [-0.1, -0.05) is 23.7 Å². The minimum absolute atomic E-state index is 0.694. The second-order valence-corrected chi connectivity index (χ2v) is 6.47. The van der Waals surface area contributed by atoms with Crippen LogP contribution in [0.15, 0.2) is 34.9 Å². The first kappa shape index (κ1) is 14.4. The summed E-state index contributed by atoms with van der Waals surface area (Å²) in [5, 5.41) is 1.75. The topological polar surface area (TPSA) is 12.9 Å². The smallest absolute Gasteiger partial charge is 0.0888 e. The Hall–Kier alpha value is -0.640. The molecule has 1 aromatic heterocycles. The maximum Gasteiger partial charge on any atom is 0.0888 e. The van der Waals surface area contributed by atoms with E-state index in [0.29, 0.717) is 5.02 Å². The summed E-state index contributed by atoms with van der Waals surface area (Å²) in [4.78, 5) is 4.20. The Morgan fingerprint density at radius 3 is 2.35 bits per heavy atom. The van der Waals surface area contributed by atoms with Gasteiger partial charge < -0.3 is 4.48 Å². The number of fused-ring (bicyclic) bond motifs is 1. The van der Waals surface area contributed by atoms with E-state index in [-0.39, 0.29) is 0 Å². The quantitative estimate of drug-likeness (QED) is 0.670. The first-order chi connectivity index (χ1) is 7.77. The monoisotopic (exact) mass is 315 g/mol. The van der Waals surface area contributed by atoms with Crippen LogP contribution in [0.4, 0.5) is 0 Å². The molecule has 0 amide bonds. The number of aromatic nitrogens is 1. The largest absolute Gasteiger partial charge is 0.333 e. The number of quaternary nitrogens is 1. The van der Waals surface area contributed by atoms with Crippen LogP contribution in [0.3, 0.4) is 0 Å². The van der Waals surface area contributed by atoms with E-state index in [1.54, 1.807) is 6.20 Å². The molecule has 0 atom stereocenters. The van der Waals surface area contributed by atoms with Gasteiger partial charge in [0, 0.05) is 16.1 Å². The zero-order chi connectivity index (χ0) is 13.1. The van der Waals surface area contributed by atoms with Crippen molar-refractivity contribution in [3.05, 3.63) is 40.0 Å². The van der Waals surface area contributed by atoms with Crippen LogP contribution >= 0.6 is 27.5 Å². The number of pyridine rings is 1. The minimum atomic E-state index is 0.694. The predicted molar refractivity (Wildman–Crippen MR) is 78.4 cm³/mol. The Balaban J connectivity index is 0.000000249. The summed E-state index contributed by atoms with van der Waals surface area (Å²) >= 11 is 9.28. The molecule has 0 spiro atoms. The highest BCUT2D eigenvalue weighted by Gasteiger charge is 1.98. The summed E-state index contributed by atoms with van der Waals surface area (Å²) in [6, 6.07) is 7.73. The van der Waals surface area contributed by atoms with E-state index in [4.69, 9.17) is 11.6 Å². The lowest BCUT2D eigenvalue weighted by Crippen LogP contribution is -2.27. The van der Waals surface area contributed by atoms with E-state index in [0.717, 1.165) is 19.9 Å². The van der Waals surface area contributed by atoms with E-state index in [9.17, 15) is 0 Å². The van der Waals surface area contributed by atoms with Gasteiger partial charge in [0.2, 0.25) is 0 Å². The predicted octanol–water partition coefficient (Wildman–Crippen LogP) is 3.97. The lowest BCUT2D eigenvalue weighted by Gasteiger charge is -2.14. The molecule has 0 aliphatic heterocycles. The highest BCUT2D eigenvalue weighted by Crippen LogP contribution is 2.23. The summed E-state index contributed by atoms with van der Waals surface area (Å²) in [5.74, 6) is 0. The van der Waals surface area contributed by atoms with Crippen molar-refractivity contribution in [1.29, 1.82) is 0 Å². The second kappa shape index (κ2) is 5.80. The average molecular weight is 317 g/mol. The van der Waals surface area contributed by atoms with Gasteiger partial charge in [0.1, 0.15) is 0 Å². The molecule has 2 aromatic rings. The normalized spacial score (nSPS) is 10.9. The molecule has 1 aromatic carbocycles. The maximum absolute atomic E-state index is 5.93.